The first kappa shape index (κ1) is 17.7. The van der Waals surface area contributed by atoms with Crippen LogP contribution in [-0.2, 0) is 0 Å². The first-order valence-corrected chi connectivity index (χ1v) is 8.20. The van der Waals surface area contributed by atoms with Crippen molar-refractivity contribution in [1.82, 2.24) is 9.97 Å². The second-order valence-corrected chi connectivity index (χ2v) is 6.04. The fraction of sp³-hybridized carbons (Fsp3) is 0.176. The van der Waals surface area contributed by atoms with Gasteiger partial charge in [-0.15, -0.1) is 0 Å². The molecular formula is C17H14Cl2FN3O2. The maximum absolute atomic E-state index is 13.7. The zero-order valence-corrected chi connectivity index (χ0v) is 14.4. The standard InChI is InChI=1S/C17H14Cl2FN3O2/c18-12-4-2-6-14(15(12)19)25-8-10(24)7-21-17-11-3-1-5-13(20)16(11)22-9-23-17/h1-6,9-10,24H,7-8H2,(H,21,22,23). The predicted molar refractivity (Wildman–Crippen MR) is 95.9 cm³/mol. The summed E-state index contributed by atoms with van der Waals surface area (Å²) in [4.78, 5) is 8.01. The van der Waals surface area contributed by atoms with Crippen molar-refractivity contribution in [1.29, 1.82) is 0 Å². The topological polar surface area (TPSA) is 67.3 Å². The van der Waals surface area contributed by atoms with E-state index in [1.165, 1.54) is 12.4 Å². The molecule has 25 heavy (non-hydrogen) atoms. The third-order valence-electron chi connectivity index (χ3n) is 3.47. The molecule has 0 saturated carbocycles. The number of rotatable bonds is 6. The third-order valence-corrected chi connectivity index (χ3v) is 4.27. The molecule has 0 radical (unpaired) electrons. The van der Waals surface area contributed by atoms with Crippen LogP contribution in [0.2, 0.25) is 10.0 Å². The molecule has 1 atom stereocenters. The molecule has 2 N–H and O–H groups in total. The Labute approximate surface area is 153 Å². The van der Waals surface area contributed by atoms with E-state index in [4.69, 9.17) is 27.9 Å². The summed E-state index contributed by atoms with van der Waals surface area (Å²) >= 11 is 11.9. The van der Waals surface area contributed by atoms with Crippen molar-refractivity contribution in [3.8, 4) is 5.75 Å². The first-order valence-electron chi connectivity index (χ1n) is 7.44. The number of ether oxygens (including phenoxy) is 1. The lowest BCUT2D eigenvalue weighted by atomic mass is 10.2. The van der Waals surface area contributed by atoms with Crippen LogP contribution in [0.25, 0.3) is 10.9 Å². The monoisotopic (exact) mass is 381 g/mol. The summed E-state index contributed by atoms with van der Waals surface area (Å²) in [6.45, 7) is 0.158. The van der Waals surface area contributed by atoms with Crippen molar-refractivity contribution < 1.29 is 14.2 Å². The summed E-state index contributed by atoms with van der Waals surface area (Å²) in [6.07, 6.45) is 0.427. The zero-order chi connectivity index (χ0) is 17.8. The number of hydrogen-bond donors (Lipinski definition) is 2. The molecule has 1 heterocycles. The number of anilines is 1. The SMILES string of the molecule is OC(CNc1ncnc2c(F)cccc12)COc1cccc(Cl)c1Cl. The smallest absolute Gasteiger partial charge is 0.149 e. The molecule has 1 aromatic heterocycles. The number of benzene rings is 2. The number of aliphatic hydroxyl groups is 1. The van der Waals surface area contributed by atoms with Gasteiger partial charge in [0.1, 0.15) is 47.0 Å². The first-order chi connectivity index (χ1) is 12.1. The minimum Gasteiger partial charge on any atom is -0.489 e. The summed E-state index contributed by atoms with van der Waals surface area (Å²) in [5, 5.41) is 14.3. The van der Waals surface area contributed by atoms with Gasteiger partial charge in [0.05, 0.1) is 5.02 Å². The molecule has 0 amide bonds. The Bertz CT molecular complexity index is 895. The summed E-state index contributed by atoms with van der Waals surface area (Å²) in [6, 6.07) is 9.62. The highest BCUT2D eigenvalue weighted by Crippen LogP contribution is 2.31. The van der Waals surface area contributed by atoms with E-state index in [1.54, 1.807) is 30.3 Å². The van der Waals surface area contributed by atoms with Gasteiger partial charge >= 0.3 is 0 Å². The highest BCUT2D eigenvalue weighted by molar-refractivity contribution is 6.42. The lowest BCUT2D eigenvalue weighted by molar-refractivity contribution is 0.117. The van der Waals surface area contributed by atoms with Crippen LogP contribution >= 0.6 is 23.2 Å². The van der Waals surface area contributed by atoms with Crippen LogP contribution in [0, 0.1) is 5.82 Å². The Balaban J connectivity index is 1.62. The van der Waals surface area contributed by atoms with Gasteiger partial charge in [0.15, 0.2) is 0 Å². The molecule has 1 unspecified atom stereocenters. The van der Waals surface area contributed by atoms with E-state index in [-0.39, 0.29) is 18.7 Å². The Morgan fingerprint density at radius 3 is 2.80 bits per heavy atom. The number of hydrogen-bond acceptors (Lipinski definition) is 5. The Hall–Kier alpha value is -2.15. The van der Waals surface area contributed by atoms with Gasteiger partial charge in [-0.2, -0.15) is 0 Å². The van der Waals surface area contributed by atoms with Crippen LogP contribution in [0.15, 0.2) is 42.7 Å². The van der Waals surface area contributed by atoms with Gasteiger partial charge < -0.3 is 15.2 Å². The average molecular weight is 382 g/mol. The molecule has 3 rings (SSSR count). The van der Waals surface area contributed by atoms with E-state index in [9.17, 15) is 9.50 Å². The summed E-state index contributed by atoms with van der Waals surface area (Å²) in [5.74, 6) is 0.398. The molecule has 0 fully saturated rings. The minimum absolute atomic E-state index is 0.00440. The second kappa shape index (κ2) is 7.82. The lowest BCUT2D eigenvalue weighted by Crippen LogP contribution is -2.26. The number of nitrogens with zero attached hydrogens (tertiary/aromatic N) is 2. The number of para-hydroxylation sites is 1. The van der Waals surface area contributed by atoms with E-state index < -0.39 is 11.9 Å². The van der Waals surface area contributed by atoms with Crippen LogP contribution in [0.1, 0.15) is 0 Å². The van der Waals surface area contributed by atoms with Crippen LogP contribution in [0.4, 0.5) is 10.2 Å². The molecular weight excluding hydrogens is 368 g/mol. The zero-order valence-electron chi connectivity index (χ0n) is 12.9. The Kier molecular flexibility index (Phi) is 5.53. The van der Waals surface area contributed by atoms with Gasteiger partial charge in [-0.3, -0.25) is 0 Å². The highest BCUT2D eigenvalue weighted by Gasteiger charge is 2.11. The maximum atomic E-state index is 13.7. The van der Waals surface area contributed by atoms with E-state index >= 15 is 0 Å². The van der Waals surface area contributed by atoms with Gasteiger partial charge in [0.2, 0.25) is 0 Å². The number of aromatic nitrogens is 2. The maximum Gasteiger partial charge on any atom is 0.149 e. The molecule has 8 heteroatoms. The minimum atomic E-state index is -0.839. The van der Waals surface area contributed by atoms with Crippen molar-refractivity contribution in [2.24, 2.45) is 0 Å². The van der Waals surface area contributed by atoms with Crippen molar-refractivity contribution in [2.45, 2.75) is 6.10 Å². The average Bonchev–Trinajstić information content (AvgIpc) is 2.61. The Morgan fingerprint density at radius 1 is 1.16 bits per heavy atom. The number of halogens is 3. The van der Waals surface area contributed by atoms with E-state index in [0.717, 1.165) is 0 Å². The molecule has 2 aromatic carbocycles. The second-order valence-electron chi connectivity index (χ2n) is 5.26. The quantitative estimate of drug-likeness (QED) is 0.676. The van der Waals surface area contributed by atoms with E-state index in [1.807, 2.05) is 0 Å². The molecule has 0 spiro atoms. The number of aliphatic hydroxyl groups excluding tert-OH is 1. The molecule has 0 aliphatic rings. The van der Waals surface area contributed by atoms with Crippen molar-refractivity contribution in [3.05, 3.63) is 58.6 Å². The molecule has 5 nitrogen and oxygen atoms in total. The summed E-state index contributed by atoms with van der Waals surface area (Å²) in [7, 11) is 0. The molecule has 0 aliphatic heterocycles. The fourth-order valence-electron chi connectivity index (χ4n) is 2.25. The lowest BCUT2D eigenvalue weighted by Gasteiger charge is -2.15. The van der Waals surface area contributed by atoms with Gasteiger partial charge in [0.25, 0.3) is 0 Å². The highest BCUT2D eigenvalue weighted by atomic mass is 35.5. The van der Waals surface area contributed by atoms with E-state index in [2.05, 4.69) is 15.3 Å². The summed E-state index contributed by atoms with van der Waals surface area (Å²) < 4.78 is 19.2. The van der Waals surface area contributed by atoms with Gasteiger partial charge in [-0.25, -0.2) is 14.4 Å². The summed E-state index contributed by atoms with van der Waals surface area (Å²) in [5.41, 5.74) is 0.219. The third kappa shape index (κ3) is 4.10. The molecule has 0 saturated heterocycles. The molecule has 0 bridgehead atoms. The van der Waals surface area contributed by atoms with Crippen LogP contribution in [-0.4, -0.2) is 34.3 Å². The van der Waals surface area contributed by atoms with Crippen molar-refractivity contribution in [3.63, 3.8) is 0 Å². The number of fused-ring (bicyclic) bond motifs is 1. The Morgan fingerprint density at radius 2 is 1.96 bits per heavy atom. The predicted octanol–water partition coefficient (Wildman–Crippen LogP) is 3.93. The van der Waals surface area contributed by atoms with Crippen molar-refractivity contribution >= 4 is 39.9 Å². The fourth-order valence-corrected chi connectivity index (χ4v) is 2.59. The van der Waals surface area contributed by atoms with Crippen molar-refractivity contribution in [2.75, 3.05) is 18.5 Å². The van der Waals surface area contributed by atoms with Crippen LogP contribution < -0.4 is 10.1 Å². The van der Waals surface area contributed by atoms with Gasteiger partial charge in [-0.1, -0.05) is 35.3 Å². The van der Waals surface area contributed by atoms with Crippen LogP contribution in [0.5, 0.6) is 5.75 Å². The molecule has 3 aromatic rings. The van der Waals surface area contributed by atoms with Gasteiger partial charge in [-0.05, 0) is 24.3 Å². The normalized spacial score (nSPS) is 12.2. The molecule has 130 valence electrons. The van der Waals surface area contributed by atoms with Gasteiger partial charge in [0, 0.05) is 11.9 Å². The van der Waals surface area contributed by atoms with Crippen LogP contribution in [0.3, 0.4) is 0 Å². The number of nitrogens with one attached hydrogen (secondary N) is 1. The largest absolute Gasteiger partial charge is 0.489 e. The van der Waals surface area contributed by atoms with E-state index in [0.29, 0.717) is 27.0 Å². The molecule has 0 aliphatic carbocycles.